The average molecular weight is 479 g/mol. The largest absolute Gasteiger partial charge is 0.493 e. The molecule has 4 rings (SSSR count). The van der Waals surface area contributed by atoms with Crippen LogP contribution < -0.4 is 14.8 Å². The summed E-state index contributed by atoms with van der Waals surface area (Å²) in [6.45, 7) is 0.341. The zero-order valence-corrected chi connectivity index (χ0v) is 19.5. The molecule has 1 aliphatic rings. The number of methoxy groups -OCH3 is 2. The van der Waals surface area contributed by atoms with E-state index < -0.39 is 24.1 Å². The molecule has 2 amide bonds. The van der Waals surface area contributed by atoms with Crippen molar-refractivity contribution in [1.29, 1.82) is 0 Å². The normalized spacial score (nSPS) is 15.6. The molecule has 1 heterocycles. The molecule has 0 aliphatic carbocycles. The number of carboxylic acids is 1. The third-order valence-corrected chi connectivity index (χ3v) is 6.20. The van der Waals surface area contributed by atoms with Crippen molar-refractivity contribution in [3.63, 3.8) is 0 Å². The highest BCUT2D eigenvalue weighted by Gasteiger charge is 2.35. The van der Waals surface area contributed by atoms with Gasteiger partial charge in [0.2, 0.25) is 0 Å². The summed E-state index contributed by atoms with van der Waals surface area (Å²) in [6.07, 6.45) is 0.690. The third-order valence-electron chi connectivity index (χ3n) is 6.20. The number of nitrogens with one attached hydrogen (secondary N) is 1. The molecule has 7 nitrogen and oxygen atoms in total. The number of carbonyl (C=O) groups is 2. The van der Waals surface area contributed by atoms with E-state index in [0.29, 0.717) is 30.0 Å². The van der Waals surface area contributed by atoms with Crippen molar-refractivity contribution in [1.82, 2.24) is 10.2 Å². The van der Waals surface area contributed by atoms with Crippen LogP contribution in [0.2, 0.25) is 0 Å². The number of aliphatic carboxylic acids is 1. The van der Waals surface area contributed by atoms with Gasteiger partial charge in [0.25, 0.3) is 0 Å². The minimum Gasteiger partial charge on any atom is -0.493 e. The summed E-state index contributed by atoms with van der Waals surface area (Å²) in [6, 6.07) is 16.6. The molecule has 0 fully saturated rings. The number of benzene rings is 3. The second-order valence-electron chi connectivity index (χ2n) is 8.33. The van der Waals surface area contributed by atoms with Crippen molar-refractivity contribution < 1.29 is 28.6 Å². The van der Waals surface area contributed by atoms with Crippen LogP contribution >= 0.6 is 0 Å². The Kier molecular flexibility index (Phi) is 7.19. The fourth-order valence-corrected chi connectivity index (χ4v) is 4.45. The molecule has 0 saturated heterocycles. The van der Waals surface area contributed by atoms with Crippen molar-refractivity contribution in [2.45, 2.75) is 24.9 Å². The summed E-state index contributed by atoms with van der Waals surface area (Å²) >= 11 is 0. The summed E-state index contributed by atoms with van der Waals surface area (Å²) in [4.78, 5) is 27.0. The predicted octanol–water partition coefficient (Wildman–Crippen LogP) is 4.20. The first-order chi connectivity index (χ1) is 16.9. The van der Waals surface area contributed by atoms with E-state index in [0.717, 1.165) is 16.7 Å². The number of carboxylic acid groups (broad SMARTS) is 1. The Hall–Kier alpha value is -4.07. The van der Waals surface area contributed by atoms with Crippen LogP contribution in [-0.4, -0.2) is 48.8 Å². The quantitative estimate of drug-likeness (QED) is 0.532. The number of fused-ring (bicyclic) bond motifs is 1. The molecule has 3 aromatic carbocycles. The molecule has 8 heteroatoms. The fourth-order valence-electron chi connectivity index (χ4n) is 4.45. The van der Waals surface area contributed by atoms with Crippen LogP contribution in [0, 0.1) is 5.82 Å². The van der Waals surface area contributed by atoms with Gasteiger partial charge in [-0.15, -0.1) is 0 Å². The highest BCUT2D eigenvalue weighted by atomic mass is 19.1. The number of hydrogen-bond donors (Lipinski definition) is 2. The van der Waals surface area contributed by atoms with Crippen LogP contribution in [0.1, 0.15) is 28.3 Å². The van der Waals surface area contributed by atoms with Crippen LogP contribution in [0.3, 0.4) is 0 Å². The highest BCUT2D eigenvalue weighted by Crippen LogP contribution is 2.41. The molecule has 0 spiro atoms. The molecule has 182 valence electrons. The van der Waals surface area contributed by atoms with E-state index in [-0.39, 0.29) is 12.2 Å². The van der Waals surface area contributed by atoms with Gasteiger partial charge in [-0.3, -0.25) is 0 Å². The molecule has 2 N–H and O–H groups in total. The van der Waals surface area contributed by atoms with E-state index in [4.69, 9.17) is 9.47 Å². The number of hydrogen-bond acceptors (Lipinski definition) is 4. The monoisotopic (exact) mass is 478 g/mol. The SMILES string of the molecule is COc1cc2c(cc1OC)C(c1ccc(F)cc1)N(C(=O)NC(Cc1ccccc1)C(=O)O)CC2. The maximum absolute atomic E-state index is 13.7. The van der Waals surface area contributed by atoms with Gasteiger partial charge in [-0.05, 0) is 52.9 Å². The van der Waals surface area contributed by atoms with Crippen molar-refractivity contribution in [2.24, 2.45) is 0 Å². The van der Waals surface area contributed by atoms with Gasteiger partial charge in [0.1, 0.15) is 11.9 Å². The van der Waals surface area contributed by atoms with Crippen molar-refractivity contribution in [3.8, 4) is 11.5 Å². The van der Waals surface area contributed by atoms with Crippen molar-refractivity contribution in [2.75, 3.05) is 20.8 Å². The van der Waals surface area contributed by atoms with E-state index >= 15 is 0 Å². The molecule has 2 unspecified atom stereocenters. The van der Waals surface area contributed by atoms with E-state index in [2.05, 4.69) is 5.32 Å². The van der Waals surface area contributed by atoms with E-state index in [1.54, 1.807) is 24.1 Å². The van der Waals surface area contributed by atoms with Crippen molar-refractivity contribution >= 4 is 12.0 Å². The zero-order valence-electron chi connectivity index (χ0n) is 19.5. The molecular formula is C27H27FN2O5. The molecule has 35 heavy (non-hydrogen) atoms. The van der Waals surface area contributed by atoms with E-state index in [1.165, 1.54) is 19.2 Å². The van der Waals surface area contributed by atoms with E-state index in [9.17, 15) is 19.1 Å². The minimum absolute atomic E-state index is 0.151. The number of carbonyl (C=O) groups excluding carboxylic acids is 1. The lowest BCUT2D eigenvalue weighted by molar-refractivity contribution is -0.139. The Morgan fingerprint density at radius 2 is 1.71 bits per heavy atom. The van der Waals surface area contributed by atoms with Crippen LogP contribution in [0.5, 0.6) is 11.5 Å². The van der Waals surface area contributed by atoms with E-state index in [1.807, 2.05) is 42.5 Å². The molecule has 0 radical (unpaired) electrons. The van der Waals surface area contributed by atoms with Crippen LogP contribution in [0.4, 0.5) is 9.18 Å². The number of amides is 2. The maximum Gasteiger partial charge on any atom is 0.326 e. The summed E-state index contributed by atoms with van der Waals surface area (Å²) in [5, 5.41) is 12.5. The van der Waals surface area contributed by atoms with Gasteiger partial charge in [-0.1, -0.05) is 42.5 Å². The highest BCUT2D eigenvalue weighted by molar-refractivity contribution is 5.83. The number of halogens is 1. The Labute approximate surface area is 203 Å². The van der Waals surface area contributed by atoms with Gasteiger partial charge >= 0.3 is 12.0 Å². The first-order valence-electron chi connectivity index (χ1n) is 11.3. The molecule has 0 saturated carbocycles. The smallest absolute Gasteiger partial charge is 0.326 e. The van der Waals surface area contributed by atoms with Crippen LogP contribution in [-0.2, 0) is 17.6 Å². The number of urea groups is 1. The summed E-state index contributed by atoms with van der Waals surface area (Å²) < 4.78 is 24.6. The number of ether oxygens (including phenoxy) is 2. The fraction of sp³-hybridized carbons (Fsp3) is 0.259. The standard InChI is InChI=1S/C27H27FN2O5/c1-34-23-15-19-12-13-30(27(33)29-22(26(31)32)14-17-6-4-3-5-7-17)25(21(19)16-24(23)35-2)18-8-10-20(28)11-9-18/h3-11,15-16,22,25H,12-14H2,1-2H3,(H,29,33)(H,31,32). The molecule has 2 atom stereocenters. The Morgan fingerprint density at radius 1 is 1.06 bits per heavy atom. The summed E-state index contributed by atoms with van der Waals surface area (Å²) in [7, 11) is 3.09. The molecular weight excluding hydrogens is 451 g/mol. The van der Waals surface area contributed by atoms with Gasteiger partial charge in [0, 0.05) is 13.0 Å². The van der Waals surface area contributed by atoms with Crippen molar-refractivity contribution in [3.05, 3.63) is 94.8 Å². The molecule has 0 aromatic heterocycles. The van der Waals surface area contributed by atoms with Gasteiger partial charge in [0.15, 0.2) is 11.5 Å². The van der Waals surface area contributed by atoms with Gasteiger partial charge in [-0.2, -0.15) is 0 Å². The van der Waals surface area contributed by atoms with Crippen LogP contribution in [0.25, 0.3) is 0 Å². The maximum atomic E-state index is 13.7. The Bertz CT molecular complexity index is 1200. The van der Waals surface area contributed by atoms with Gasteiger partial charge < -0.3 is 24.8 Å². The van der Waals surface area contributed by atoms with Gasteiger partial charge in [-0.25, -0.2) is 14.0 Å². The molecule has 0 bridgehead atoms. The minimum atomic E-state index is -1.12. The number of nitrogens with zero attached hydrogens (tertiary/aromatic N) is 1. The van der Waals surface area contributed by atoms with Gasteiger partial charge in [0.05, 0.1) is 20.3 Å². The molecule has 3 aromatic rings. The zero-order chi connectivity index (χ0) is 24.9. The lowest BCUT2D eigenvalue weighted by Gasteiger charge is -2.38. The Morgan fingerprint density at radius 3 is 2.34 bits per heavy atom. The lowest BCUT2D eigenvalue weighted by Crippen LogP contribution is -2.51. The molecule has 1 aliphatic heterocycles. The predicted molar refractivity (Wildman–Crippen MR) is 128 cm³/mol. The second kappa shape index (κ2) is 10.5. The summed E-state index contributed by atoms with van der Waals surface area (Å²) in [5.41, 5.74) is 3.28. The average Bonchev–Trinajstić information content (AvgIpc) is 2.87. The summed E-state index contributed by atoms with van der Waals surface area (Å²) in [5.74, 6) is -0.421. The number of rotatable bonds is 7. The Balaban J connectivity index is 1.69. The second-order valence-corrected chi connectivity index (χ2v) is 8.33. The lowest BCUT2D eigenvalue weighted by atomic mass is 9.87. The van der Waals surface area contributed by atoms with Crippen LogP contribution in [0.15, 0.2) is 66.7 Å². The first kappa shape index (κ1) is 24.1. The first-order valence-corrected chi connectivity index (χ1v) is 11.3. The third kappa shape index (κ3) is 5.21. The topological polar surface area (TPSA) is 88.1 Å².